The molecule has 0 fully saturated rings. The largest absolute Gasteiger partial charge is 0.463 e. The number of rotatable bonds is 1. The average molecular weight is 313 g/mol. The van der Waals surface area contributed by atoms with Crippen LogP contribution in [0.4, 0.5) is 22.0 Å². The van der Waals surface area contributed by atoms with Gasteiger partial charge >= 0.3 is 18.0 Å². The zero-order valence-corrected chi connectivity index (χ0v) is 10.9. The Bertz CT molecular complexity index is 825. The summed E-state index contributed by atoms with van der Waals surface area (Å²) in [5.41, 5.74) is 0.0234. The summed E-state index contributed by atoms with van der Waals surface area (Å²) in [6, 6.07) is 12.0. The van der Waals surface area contributed by atoms with Crippen molar-refractivity contribution in [2.45, 2.75) is 12.1 Å². The van der Waals surface area contributed by atoms with E-state index in [2.05, 4.69) is 0 Å². The third kappa shape index (κ3) is 1.88. The average Bonchev–Trinajstić information content (AvgIpc) is 2.80. The van der Waals surface area contributed by atoms with Gasteiger partial charge in [0.2, 0.25) is 0 Å². The summed E-state index contributed by atoms with van der Waals surface area (Å²) in [6.07, 6.45) is -5.95. The molecule has 0 unspecified atom stereocenters. The minimum Gasteiger partial charge on any atom is -0.274 e. The summed E-state index contributed by atoms with van der Waals surface area (Å²) in [6.45, 7) is 0. The third-order valence-electron chi connectivity index (χ3n) is 3.41. The van der Waals surface area contributed by atoms with Crippen molar-refractivity contribution >= 4 is 27.7 Å². The lowest BCUT2D eigenvalue weighted by Gasteiger charge is -2.19. The molecule has 0 aliphatic carbocycles. The zero-order valence-electron chi connectivity index (χ0n) is 10.9. The SMILES string of the molecule is O=C(n1c2ccccc2c2ccccc21)C(F)(F)C(F)(F)F. The molecule has 3 aromatic rings. The summed E-state index contributed by atoms with van der Waals surface area (Å²) in [7, 11) is 0. The molecule has 0 radical (unpaired) electrons. The smallest absolute Gasteiger partial charge is 0.274 e. The first-order valence-corrected chi connectivity index (χ1v) is 6.22. The van der Waals surface area contributed by atoms with Gasteiger partial charge in [0.25, 0.3) is 0 Å². The third-order valence-corrected chi connectivity index (χ3v) is 3.41. The van der Waals surface area contributed by atoms with Crippen LogP contribution in [-0.2, 0) is 0 Å². The molecule has 0 bridgehead atoms. The lowest BCUT2D eigenvalue weighted by molar-refractivity contribution is -0.257. The topological polar surface area (TPSA) is 22.0 Å². The Morgan fingerprint density at radius 3 is 1.59 bits per heavy atom. The molecular weight excluding hydrogens is 305 g/mol. The van der Waals surface area contributed by atoms with Crippen molar-refractivity contribution in [2.24, 2.45) is 0 Å². The molecule has 1 aromatic heterocycles. The van der Waals surface area contributed by atoms with Gasteiger partial charge in [-0.1, -0.05) is 36.4 Å². The summed E-state index contributed by atoms with van der Waals surface area (Å²) >= 11 is 0. The maximum atomic E-state index is 13.4. The van der Waals surface area contributed by atoms with Crippen molar-refractivity contribution in [2.75, 3.05) is 0 Å². The molecular formula is C15H8F5NO. The van der Waals surface area contributed by atoms with E-state index in [1.165, 1.54) is 24.3 Å². The molecule has 0 N–H and O–H groups in total. The van der Waals surface area contributed by atoms with E-state index in [0.29, 0.717) is 15.3 Å². The maximum Gasteiger partial charge on any atom is 0.463 e. The molecule has 1 heterocycles. The van der Waals surface area contributed by atoms with Crippen LogP contribution >= 0.6 is 0 Å². The van der Waals surface area contributed by atoms with Crippen molar-refractivity contribution in [3.63, 3.8) is 0 Å². The minimum atomic E-state index is -5.95. The summed E-state index contributed by atoms with van der Waals surface area (Å²) in [5.74, 6) is -7.77. The van der Waals surface area contributed by atoms with E-state index in [1.807, 2.05) is 0 Å². The Kier molecular flexibility index (Phi) is 2.98. The van der Waals surface area contributed by atoms with Gasteiger partial charge in [0.15, 0.2) is 0 Å². The molecule has 7 heteroatoms. The van der Waals surface area contributed by atoms with E-state index >= 15 is 0 Å². The lowest BCUT2D eigenvalue weighted by Crippen LogP contribution is -2.46. The molecule has 0 saturated heterocycles. The molecule has 2 nitrogen and oxygen atoms in total. The van der Waals surface area contributed by atoms with Gasteiger partial charge in [-0.3, -0.25) is 9.36 Å². The fourth-order valence-electron chi connectivity index (χ4n) is 2.40. The number of hydrogen-bond donors (Lipinski definition) is 0. The number of alkyl halides is 5. The lowest BCUT2D eigenvalue weighted by atomic mass is 10.2. The molecule has 2 aromatic carbocycles. The number of benzene rings is 2. The van der Waals surface area contributed by atoms with E-state index in [1.54, 1.807) is 24.3 Å². The van der Waals surface area contributed by atoms with Crippen molar-refractivity contribution in [1.82, 2.24) is 4.57 Å². The van der Waals surface area contributed by atoms with Crippen LogP contribution in [0.15, 0.2) is 48.5 Å². The summed E-state index contributed by atoms with van der Waals surface area (Å²) < 4.78 is 64.8. The van der Waals surface area contributed by atoms with E-state index in [9.17, 15) is 26.7 Å². The van der Waals surface area contributed by atoms with Crippen molar-refractivity contribution in [3.8, 4) is 0 Å². The van der Waals surface area contributed by atoms with E-state index in [0.717, 1.165) is 0 Å². The quantitative estimate of drug-likeness (QED) is 0.600. The van der Waals surface area contributed by atoms with E-state index < -0.39 is 18.0 Å². The number of aromatic nitrogens is 1. The number of nitrogens with zero attached hydrogens (tertiary/aromatic N) is 1. The number of carbonyl (C=O) groups is 1. The first-order chi connectivity index (χ1) is 10.2. The van der Waals surface area contributed by atoms with Gasteiger partial charge in [-0.15, -0.1) is 0 Å². The predicted octanol–water partition coefficient (Wildman–Crippen LogP) is 4.63. The first-order valence-electron chi connectivity index (χ1n) is 6.22. The highest BCUT2D eigenvalue weighted by Crippen LogP contribution is 2.39. The first kappa shape index (κ1) is 14.5. The number of fused-ring (bicyclic) bond motifs is 3. The minimum absolute atomic E-state index is 0.0117. The monoisotopic (exact) mass is 313 g/mol. The number of para-hydroxylation sites is 2. The van der Waals surface area contributed by atoms with E-state index in [4.69, 9.17) is 0 Å². The molecule has 0 saturated carbocycles. The molecule has 22 heavy (non-hydrogen) atoms. The van der Waals surface area contributed by atoms with Crippen LogP contribution in [0.1, 0.15) is 4.79 Å². The maximum absolute atomic E-state index is 13.4. The second kappa shape index (κ2) is 4.53. The highest BCUT2D eigenvalue weighted by atomic mass is 19.4. The predicted molar refractivity (Wildman–Crippen MR) is 71.1 cm³/mol. The summed E-state index contributed by atoms with van der Waals surface area (Å²) in [5, 5.41) is 0.869. The fraction of sp³-hybridized carbons (Fsp3) is 0.133. The van der Waals surface area contributed by atoms with E-state index in [-0.39, 0.29) is 11.0 Å². The Hall–Kier alpha value is -2.44. The molecule has 0 amide bonds. The van der Waals surface area contributed by atoms with Crippen LogP contribution in [0.2, 0.25) is 0 Å². The van der Waals surface area contributed by atoms with Crippen molar-refractivity contribution < 1.29 is 26.7 Å². The van der Waals surface area contributed by atoms with Gasteiger partial charge in [-0.25, -0.2) is 0 Å². The highest BCUT2D eigenvalue weighted by molar-refractivity contribution is 6.14. The van der Waals surface area contributed by atoms with Crippen LogP contribution in [-0.4, -0.2) is 22.6 Å². The molecule has 0 aliphatic heterocycles. The Balaban J connectivity index is 2.37. The molecule has 0 spiro atoms. The Morgan fingerprint density at radius 1 is 0.773 bits per heavy atom. The van der Waals surface area contributed by atoms with Gasteiger partial charge in [0, 0.05) is 10.8 Å². The summed E-state index contributed by atoms with van der Waals surface area (Å²) in [4.78, 5) is 11.9. The molecule has 114 valence electrons. The fourth-order valence-corrected chi connectivity index (χ4v) is 2.40. The van der Waals surface area contributed by atoms with Crippen LogP contribution in [0.25, 0.3) is 21.8 Å². The number of halogens is 5. The van der Waals surface area contributed by atoms with Crippen molar-refractivity contribution in [1.29, 1.82) is 0 Å². The number of carbonyl (C=O) groups excluding carboxylic acids is 1. The molecule has 3 rings (SSSR count). The zero-order chi connectivity index (χ0) is 16.1. The van der Waals surface area contributed by atoms with Crippen LogP contribution < -0.4 is 0 Å². The van der Waals surface area contributed by atoms with Gasteiger partial charge in [-0.2, -0.15) is 22.0 Å². The second-order valence-electron chi connectivity index (χ2n) is 4.75. The molecule has 0 atom stereocenters. The van der Waals surface area contributed by atoms with Crippen molar-refractivity contribution in [3.05, 3.63) is 48.5 Å². The highest BCUT2D eigenvalue weighted by Gasteiger charge is 2.64. The van der Waals surface area contributed by atoms with Crippen LogP contribution in [0, 0.1) is 0 Å². The van der Waals surface area contributed by atoms with Gasteiger partial charge in [-0.05, 0) is 12.1 Å². The second-order valence-corrected chi connectivity index (χ2v) is 4.75. The van der Waals surface area contributed by atoms with Crippen LogP contribution in [0.5, 0.6) is 0 Å². The standard InChI is InChI=1S/C15H8F5NO/c16-14(17,15(18,19)20)13(22)21-11-7-3-1-5-9(11)10-6-2-4-8-12(10)21/h1-8H. The molecule has 0 aliphatic rings. The number of hydrogen-bond acceptors (Lipinski definition) is 1. The van der Waals surface area contributed by atoms with Crippen LogP contribution in [0.3, 0.4) is 0 Å². The van der Waals surface area contributed by atoms with Gasteiger partial charge < -0.3 is 0 Å². The normalized spacial score (nSPS) is 13.0. The van der Waals surface area contributed by atoms with Gasteiger partial charge in [0.1, 0.15) is 0 Å². The Labute approximate surface area is 120 Å². The van der Waals surface area contributed by atoms with Gasteiger partial charge in [0.05, 0.1) is 11.0 Å². The Morgan fingerprint density at radius 2 is 1.18 bits per heavy atom.